The predicted octanol–water partition coefficient (Wildman–Crippen LogP) is 4.19. The largest absolute Gasteiger partial charge is 0.492 e. The third kappa shape index (κ3) is 4.51. The third-order valence-electron chi connectivity index (χ3n) is 4.31. The van der Waals surface area contributed by atoms with Crippen LogP contribution in [0, 0.1) is 0 Å². The zero-order valence-corrected chi connectivity index (χ0v) is 17.2. The predicted molar refractivity (Wildman–Crippen MR) is 109 cm³/mol. The van der Waals surface area contributed by atoms with Crippen LogP contribution in [0.3, 0.4) is 0 Å². The van der Waals surface area contributed by atoms with E-state index in [1.54, 1.807) is 31.4 Å². The van der Waals surface area contributed by atoms with E-state index in [0.717, 1.165) is 28.6 Å². The Balaban J connectivity index is 1.96. The molecule has 0 N–H and O–H groups in total. The molecule has 0 unspecified atom stereocenters. The number of ketones is 1. The van der Waals surface area contributed by atoms with Crippen LogP contribution in [0.4, 0.5) is 0 Å². The van der Waals surface area contributed by atoms with Crippen molar-refractivity contribution in [2.24, 2.45) is 0 Å². The molecule has 0 saturated carbocycles. The van der Waals surface area contributed by atoms with Gasteiger partial charge in [0.15, 0.2) is 17.3 Å². The number of fused-ring (bicyclic) bond motifs is 1. The molecule has 2 aromatic rings. The Hall–Kier alpha value is -2.31. The first-order valence-corrected chi connectivity index (χ1v) is 9.41. The van der Waals surface area contributed by atoms with Gasteiger partial charge < -0.3 is 19.1 Å². The second-order valence-electron chi connectivity index (χ2n) is 6.47. The van der Waals surface area contributed by atoms with E-state index in [0.29, 0.717) is 22.8 Å². The second-order valence-corrected chi connectivity index (χ2v) is 7.39. The number of allylic oxidation sites excluding steroid dienone is 1. The molecular weight excluding hydrogens is 410 g/mol. The maximum Gasteiger partial charge on any atom is 0.231 e. The number of nitrogens with zero attached hydrogens (tertiary/aromatic N) is 1. The van der Waals surface area contributed by atoms with Gasteiger partial charge in [-0.25, -0.2) is 0 Å². The van der Waals surface area contributed by atoms with Crippen LogP contribution in [0.5, 0.6) is 17.2 Å². The number of rotatable bonds is 7. The molecule has 1 heterocycles. The number of hydrogen-bond acceptors (Lipinski definition) is 5. The summed E-state index contributed by atoms with van der Waals surface area (Å²) in [5.41, 5.74) is 2.52. The number of carbonyl (C=O) groups excluding carboxylic acids is 1. The fourth-order valence-corrected chi connectivity index (χ4v) is 3.15. The van der Waals surface area contributed by atoms with Crippen molar-refractivity contribution < 1.29 is 19.0 Å². The Morgan fingerprint density at radius 2 is 2.00 bits per heavy atom. The van der Waals surface area contributed by atoms with Gasteiger partial charge in [-0.2, -0.15) is 0 Å². The lowest BCUT2D eigenvalue weighted by Gasteiger charge is -2.15. The summed E-state index contributed by atoms with van der Waals surface area (Å²) in [6.45, 7) is 1.04. The van der Waals surface area contributed by atoms with Crippen molar-refractivity contribution in [1.82, 2.24) is 4.90 Å². The van der Waals surface area contributed by atoms with Crippen LogP contribution in [0.1, 0.15) is 21.5 Å². The number of hydrogen-bond donors (Lipinski definition) is 0. The fraction of sp³-hybridized carbons (Fsp3) is 0.286. The topological polar surface area (TPSA) is 48.0 Å². The lowest BCUT2D eigenvalue weighted by atomic mass is 10.00. The maximum absolute atomic E-state index is 12.5. The van der Waals surface area contributed by atoms with Crippen molar-refractivity contribution in [2.45, 2.75) is 6.42 Å². The average molecular weight is 432 g/mol. The lowest BCUT2D eigenvalue weighted by molar-refractivity contribution is 0.104. The summed E-state index contributed by atoms with van der Waals surface area (Å²) in [4.78, 5) is 14.6. The number of carbonyl (C=O) groups is 1. The van der Waals surface area contributed by atoms with Crippen molar-refractivity contribution in [1.29, 1.82) is 0 Å². The minimum Gasteiger partial charge on any atom is -0.492 e. The highest BCUT2D eigenvalue weighted by Gasteiger charge is 2.24. The number of likely N-dealkylation sites (N-methyl/N-ethyl adjacent to an activating group) is 1. The third-order valence-corrected chi connectivity index (χ3v) is 4.83. The number of halogens is 1. The minimum absolute atomic E-state index is 0.0687. The first kappa shape index (κ1) is 19.5. The molecule has 142 valence electrons. The SMILES string of the molecule is COc1c(/C=C/C(=O)c2ccc(Br)cc2)c(CCN(C)C)cc2c1OCO2. The molecule has 0 spiro atoms. The summed E-state index contributed by atoms with van der Waals surface area (Å²) < 4.78 is 17.6. The van der Waals surface area contributed by atoms with Crippen LogP contribution in [-0.4, -0.2) is 45.2 Å². The number of benzene rings is 2. The summed E-state index contributed by atoms with van der Waals surface area (Å²) in [6, 6.07) is 9.26. The van der Waals surface area contributed by atoms with Gasteiger partial charge in [0, 0.05) is 22.1 Å². The molecule has 2 aromatic carbocycles. The van der Waals surface area contributed by atoms with Crippen LogP contribution < -0.4 is 14.2 Å². The molecule has 5 nitrogen and oxygen atoms in total. The molecular formula is C21H22BrNO4. The molecule has 1 aliphatic heterocycles. The van der Waals surface area contributed by atoms with Gasteiger partial charge in [0.05, 0.1) is 7.11 Å². The molecule has 0 fully saturated rings. The quantitative estimate of drug-likeness (QED) is 0.485. The van der Waals surface area contributed by atoms with Crippen LogP contribution in [0.15, 0.2) is 40.9 Å². The zero-order chi connectivity index (χ0) is 19.4. The van der Waals surface area contributed by atoms with Crippen LogP contribution in [-0.2, 0) is 6.42 Å². The molecule has 0 aliphatic carbocycles. The summed E-state index contributed by atoms with van der Waals surface area (Å²) in [5, 5.41) is 0. The summed E-state index contributed by atoms with van der Waals surface area (Å²) in [5.74, 6) is 1.79. The van der Waals surface area contributed by atoms with E-state index in [-0.39, 0.29) is 12.6 Å². The van der Waals surface area contributed by atoms with Crippen LogP contribution >= 0.6 is 15.9 Å². The van der Waals surface area contributed by atoms with Gasteiger partial charge in [0.1, 0.15) is 0 Å². The Labute approximate surface area is 167 Å². The van der Waals surface area contributed by atoms with Crippen LogP contribution in [0.2, 0.25) is 0 Å². The standard InChI is InChI=1S/C21H22BrNO4/c1-23(2)11-10-15-12-19-21(27-13-26-19)20(25-3)17(15)8-9-18(24)14-4-6-16(22)7-5-14/h4-9,12H,10-11,13H2,1-3H3/b9-8+. The fourth-order valence-electron chi connectivity index (χ4n) is 2.88. The van der Waals surface area contributed by atoms with Gasteiger partial charge in [-0.05, 0) is 68.6 Å². The van der Waals surface area contributed by atoms with Gasteiger partial charge in [0.25, 0.3) is 0 Å². The second kappa shape index (κ2) is 8.59. The Kier molecular flexibility index (Phi) is 6.19. The molecule has 0 amide bonds. The summed E-state index contributed by atoms with van der Waals surface area (Å²) in [6.07, 6.45) is 4.17. The highest BCUT2D eigenvalue weighted by Crippen LogP contribution is 2.45. The minimum atomic E-state index is -0.0687. The van der Waals surface area contributed by atoms with E-state index in [2.05, 4.69) is 20.8 Å². The zero-order valence-electron chi connectivity index (χ0n) is 15.6. The van der Waals surface area contributed by atoms with E-state index >= 15 is 0 Å². The monoisotopic (exact) mass is 431 g/mol. The normalized spacial score (nSPS) is 12.8. The molecule has 0 saturated heterocycles. The van der Waals surface area contributed by atoms with Gasteiger partial charge >= 0.3 is 0 Å². The van der Waals surface area contributed by atoms with E-state index in [1.807, 2.05) is 32.3 Å². The van der Waals surface area contributed by atoms with Crippen molar-refractivity contribution in [2.75, 3.05) is 34.5 Å². The van der Waals surface area contributed by atoms with Crippen LogP contribution in [0.25, 0.3) is 6.08 Å². The molecule has 3 rings (SSSR count). The van der Waals surface area contributed by atoms with Gasteiger partial charge in [0.2, 0.25) is 12.5 Å². The van der Waals surface area contributed by atoms with Crippen molar-refractivity contribution in [3.63, 3.8) is 0 Å². The molecule has 0 radical (unpaired) electrons. The molecule has 6 heteroatoms. The van der Waals surface area contributed by atoms with E-state index in [1.165, 1.54) is 0 Å². The highest BCUT2D eigenvalue weighted by molar-refractivity contribution is 9.10. The van der Waals surface area contributed by atoms with Gasteiger partial charge in [-0.1, -0.05) is 15.9 Å². The van der Waals surface area contributed by atoms with Crippen molar-refractivity contribution >= 4 is 27.8 Å². The Bertz CT molecular complexity index is 859. The maximum atomic E-state index is 12.5. The lowest BCUT2D eigenvalue weighted by Crippen LogP contribution is -2.15. The van der Waals surface area contributed by atoms with E-state index in [9.17, 15) is 4.79 Å². The molecule has 1 aliphatic rings. The Morgan fingerprint density at radius 1 is 1.26 bits per heavy atom. The molecule has 0 atom stereocenters. The highest BCUT2D eigenvalue weighted by atomic mass is 79.9. The van der Waals surface area contributed by atoms with Crippen molar-refractivity contribution in [3.05, 3.63) is 57.6 Å². The first-order chi connectivity index (χ1) is 13.0. The summed E-state index contributed by atoms with van der Waals surface area (Å²) >= 11 is 3.38. The molecule has 27 heavy (non-hydrogen) atoms. The van der Waals surface area contributed by atoms with Gasteiger partial charge in [-0.15, -0.1) is 0 Å². The molecule has 0 aromatic heterocycles. The smallest absolute Gasteiger partial charge is 0.231 e. The van der Waals surface area contributed by atoms with Crippen molar-refractivity contribution in [3.8, 4) is 17.2 Å². The van der Waals surface area contributed by atoms with E-state index < -0.39 is 0 Å². The average Bonchev–Trinajstić information content (AvgIpc) is 3.12. The van der Waals surface area contributed by atoms with E-state index in [4.69, 9.17) is 14.2 Å². The first-order valence-electron chi connectivity index (χ1n) is 8.61. The Morgan fingerprint density at radius 3 is 2.67 bits per heavy atom. The number of ether oxygens (including phenoxy) is 3. The summed E-state index contributed by atoms with van der Waals surface area (Å²) in [7, 11) is 5.65. The molecule has 0 bridgehead atoms. The van der Waals surface area contributed by atoms with Gasteiger partial charge in [-0.3, -0.25) is 4.79 Å². The number of methoxy groups -OCH3 is 1.